The van der Waals surface area contributed by atoms with Crippen LogP contribution < -0.4 is 5.32 Å². The van der Waals surface area contributed by atoms with E-state index in [0.29, 0.717) is 0 Å². The van der Waals surface area contributed by atoms with Crippen LogP contribution in [0.3, 0.4) is 0 Å². The number of hydrogen-bond acceptors (Lipinski definition) is 3. The summed E-state index contributed by atoms with van der Waals surface area (Å²) in [5, 5.41) is 3.57. The first-order valence-corrected chi connectivity index (χ1v) is 9.66. The van der Waals surface area contributed by atoms with Crippen LogP contribution in [-0.2, 0) is 6.42 Å². The number of nitrogens with one attached hydrogen (secondary N) is 1. The third-order valence-electron chi connectivity index (χ3n) is 5.13. The third kappa shape index (κ3) is 6.16. The van der Waals surface area contributed by atoms with Gasteiger partial charge in [0.2, 0.25) is 0 Å². The van der Waals surface area contributed by atoms with E-state index in [1.807, 2.05) is 12.1 Å². The molecule has 6 heteroatoms. The quantitative estimate of drug-likeness (QED) is 0.294. The van der Waals surface area contributed by atoms with Gasteiger partial charge in [-0.2, -0.15) is 0 Å². The van der Waals surface area contributed by atoms with E-state index < -0.39 is 0 Å². The molecule has 142 valence electrons. The van der Waals surface area contributed by atoms with Gasteiger partial charge in [0.25, 0.3) is 0 Å². The highest BCUT2D eigenvalue weighted by Crippen LogP contribution is 2.20. The fraction of sp³-hybridized carbons (Fsp3) is 0.737. The van der Waals surface area contributed by atoms with Crippen molar-refractivity contribution in [3.8, 4) is 0 Å². The Morgan fingerprint density at radius 1 is 1.32 bits per heavy atom. The van der Waals surface area contributed by atoms with Crippen molar-refractivity contribution in [3.05, 3.63) is 24.2 Å². The van der Waals surface area contributed by atoms with Gasteiger partial charge in [-0.05, 0) is 50.9 Å². The van der Waals surface area contributed by atoms with Gasteiger partial charge in [0.1, 0.15) is 5.76 Å². The minimum atomic E-state index is 0. The lowest BCUT2D eigenvalue weighted by atomic mass is 10.2. The van der Waals surface area contributed by atoms with Gasteiger partial charge in [-0.1, -0.05) is 13.3 Å². The monoisotopic (exact) mass is 460 g/mol. The van der Waals surface area contributed by atoms with E-state index in [4.69, 9.17) is 9.41 Å². The number of guanidine groups is 1. The molecule has 2 aliphatic heterocycles. The molecule has 1 aromatic rings. The molecular weight excluding hydrogens is 427 g/mol. The van der Waals surface area contributed by atoms with Gasteiger partial charge in [0, 0.05) is 38.6 Å². The number of furan rings is 1. The minimum absolute atomic E-state index is 0. The smallest absolute Gasteiger partial charge is 0.193 e. The fourth-order valence-electron chi connectivity index (χ4n) is 3.70. The average Bonchev–Trinajstić information content (AvgIpc) is 3.33. The summed E-state index contributed by atoms with van der Waals surface area (Å²) in [5.41, 5.74) is 0. The van der Waals surface area contributed by atoms with Crippen molar-refractivity contribution >= 4 is 29.9 Å². The van der Waals surface area contributed by atoms with E-state index >= 15 is 0 Å². The molecule has 0 saturated carbocycles. The number of likely N-dealkylation sites (tertiary alicyclic amines) is 2. The van der Waals surface area contributed by atoms with E-state index in [2.05, 4.69) is 22.0 Å². The van der Waals surface area contributed by atoms with Crippen molar-refractivity contribution < 1.29 is 4.42 Å². The molecule has 2 saturated heterocycles. The predicted molar refractivity (Wildman–Crippen MR) is 114 cm³/mol. The molecule has 1 aromatic heterocycles. The number of unbranched alkanes of at least 4 members (excludes halogenated alkanes) is 1. The van der Waals surface area contributed by atoms with Crippen molar-refractivity contribution in [3.63, 3.8) is 0 Å². The lowest BCUT2D eigenvalue weighted by Gasteiger charge is -2.25. The van der Waals surface area contributed by atoms with Crippen LogP contribution in [0.15, 0.2) is 27.8 Å². The molecule has 1 unspecified atom stereocenters. The topological polar surface area (TPSA) is 44.0 Å². The largest absolute Gasteiger partial charge is 0.469 e. The summed E-state index contributed by atoms with van der Waals surface area (Å²) in [7, 11) is 0. The molecule has 0 radical (unpaired) electrons. The molecule has 3 heterocycles. The predicted octanol–water partition coefficient (Wildman–Crippen LogP) is 3.36. The standard InChI is InChI=1S/C19H32N4O.HI/c1-2-3-10-20-19(21-11-8-18-7-6-15-24-18)23-14-9-17(16-23)22-12-4-5-13-22;/h6-7,15,17H,2-5,8-14,16H2,1H3,(H,20,21);1H. The Kier molecular flexibility index (Phi) is 9.09. The molecular formula is C19H33IN4O. The van der Waals surface area contributed by atoms with Crippen LogP contribution in [-0.4, -0.2) is 61.1 Å². The summed E-state index contributed by atoms with van der Waals surface area (Å²) in [6.07, 6.45) is 9.01. The van der Waals surface area contributed by atoms with E-state index in [-0.39, 0.29) is 24.0 Å². The van der Waals surface area contributed by atoms with Crippen LogP contribution in [0.2, 0.25) is 0 Å². The zero-order valence-electron chi connectivity index (χ0n) is 15.5. The first kappa shape index (κ1) is 20.6. The second kappa shape index (κ2) is 11.1. The van der Waals surface area contributed by atoms with E-state index in [1.54, 1.807) is 6.26 Å². The van der Waals surface area contributed by atoms with Crippen molar-refractivity contribution in [1.82, 2.24) is 15.1 Å². The zero-order valence-corrected chi connectivity index (χ0v) is 17.8. The van der Waals surface area contributed by atoms with Crippen LogP contribution in [0.1, 0.15) is 44.8 Å². The van der Waals surface area contributed by atoms with E-state index in [1.165, 1.54) is 38.8 Å². The maximum Gasteiger partial charge on any atom is 0.193 e. The first-order valence-electron chi connectivity index (χ1n) is 9.66. The summed E-state index contributed by atoms with van der Waals surface area (Å²) in [6, 6.07) is 4.71. The molecule has 1 atom stereocenters. The Morgan fingerprint density at radius 3 is 2.88 bits per heavy atom. The van der Waals surface area contributed by atoms with Gasteiger partial charge in [-0.3, -0.25) is 9.89 Å². The lowest BCUT2D eigenvalue weighted by molar-refractivity contribution is 0.249. The fourth-order valence-corrected chi connectivity index (χ4v) is 3.70. The van der Waals surface area contributed by atoms with Crippen molar-refractivity contribution in [2.75, 3.05) is 39.3 Å². The normalized spacial score (nSPS) is 21.6. The maximum absolute atomic E-state index is 5.42. The highest BCUT2D eigenvalue weighted by Gasteiger charge is 2.30. The number of aliphatic imine (C=N–C) groups is 1. The SMILES string of the molecule is CCCCN=C(NCCc1ccco1)N1CCC(N2CCCC2)C1.I. The van der Waals surface area contributed by atoms with Crippen LogP contribution in [0.25, 0.3) is 0 Å². The Balaban J connectivity index is 0.00000225. The van der Waals surface area contributed by atoms with Gasteiger partial charge in [0.15, 0.2) is 5.96 Å². The van der Waals surface area contributed by atoms with Crippen molar-refractivity contribution in [1.29, 1.82) is 0 Å². The van der Waals surface area contributed by atoms with Crippen LogP contribution in [0.4, 0.5) is 0 Å². The van der Waals surface area contributed by atoms with Crippen LogP contribution in [0, 0.1) is 0 Å². The Hall–Kier alpha value is -0.760. The van der Waals surface area contributed by atoms with Crippen LogP contribution in [0.5, 0.6) is 0 Å². The average molecular weight is 460 g/mol. The number of hydrogen-bond donors (Lipinski definition) is 1. The summed E-state index contributed by atoms with van der Waals surface area (Å²) in [4.78, 5) is 9.99. The molecule has 3 rings (SSSR count). The van der Waals surface area contributed by atoms with Gasteiger partial charge in [-0.25, -0.2) is 0 Å². The van der Waals surface area contributed by atoms with Crippen LogP contribution >= 0.6 is 24.0 Å². The van der Waals surface area contributed by atoms with Gasteiger partial charge in [-0.15, -0.1) is 24.0 Å². The summed E-state index contributed by atoms with van der Waals surface area (Å²) >= 11 is 0. The molecule has 2 aliphatic rings. The molecule has 25 heavy (non-hydrogen) atoms. The molecule has 0 aliphatic carbocycles. The minimum Gasteiger partial charge on any atom is -0.469 e. The lowest BCUT2D eigenvalue weighted by Crippen LogP contribution is -2.43. The van der Waals surface area contributed by atoms with E-state index in [0.717, 1.165) is 56.8 Å². The van der Waals surface area contributed by atoms with Crippen molar-refractivity contribution in [2.45, 2.75) is 51.5 Å². The highest BCUT2D eigenvalue weighted by atomic mass is 127. The zero-order chi connectivity index (χ0) is 16.6. The molecule has 2 fully saturated rings. The second-order valence-corrected chi connectivity index (χ2v) is 6.95. The van der Waals surface area contributed by atoms with Gasteiger partial charge in [0.05, 0.1) is 6.26 Å². The Morgan fingerprint density at radius 2 is 2.16 bits per heavy atom. The maximum atomic E-state index is 5.42. The number of nitrogens with zero attached hydrogens (tertiary/aromatic N) is 3. The Bertz CT molecular complexity index is 500. The molecule has 0 spiro atoms. The molecule has 0 bridgehead atoms. The molecule has 0 aromatic carbocycles. The molecule has 0 amide bonds. The number of rotatable bonds is 7. The summed E-state index contributed by atoms with van der Waals surface area (Å²) in [6.45, 7) is 8.84. The van der Waals surface area contributed by atoms with E-state index in [9.17, 15) is 0 Å². The number of halogens is 1. The molecule has 5 nitrogen and oxygen atoms in total. The van der Waals surface area contributed by atoms with Crippen molar-refractivity contribution in [2.24, 2.45) is 4.99 Å². The summed E-state index contributed by atoms with van der Waals surface area (Å²) in [5.74, 6) is 2.13. The van der Waals surface area contributed by atoms with Gasteiger partial charge >= 0.3 is 0 Å². The second-order valence-electron chi connectivity index (χ2n) is 6.95. The van der Waals surface area contributed by atoms with Gasteiger partial charge < -0.3 is 14.6 Å². The third-order valence-corrected chi connectivity index (χ3v) is 5.13. The first-order chi connectivity index (χ1) is 11.9. The highest BCUT2D eigenvalue weighted by molar-refractivity contribution is 14.0. The summed E-state index contributed by atoms with van der Waals surface area (Å²) < 4.78 is 5.42. The molecule has 1 N–H and O–H groups in total. The Labute approximate surface area is 169 Å².